The Bertz CT molecular complexity index is 385. The first-order valence-corrected chi connectivity index (χ1v) is 5.79. The minimum atomic E-state index is -0.104. The van der Waals surface area contributed by atoms with Crippen LogP contribution >= 0.6 is 0 Å². The fourth-order valence-corrected chi connectivity index (χ4v) is 1.54. The first-order valence-electron chi connectivity index (χ1n) is 5.79. The molecule has 0 aliphatic carbocycles. The van der Waals surface area contributed by atoms with E-state index in [1.807, 2.05) is 14.0 Å². The molecule has 1 unspecified atom stereocenters. The van der Waals surface area contributed by atoms with Crippen molar-refractivity contribution in [3.05, 3.63) is 18.2 Å². The average molecular weight is 252 g/mol. The van der Waals surface area contributed by atoms with Crippen molar-refractivity contribution >= 4 is 11.6 Å². The molecule has 0 heterocycles. The quantitative estimate of drug-likeness (QED) is 0.805. The van der Waals surface area contributed by atoms with Crippen molar-refractivity contribution in [2.24, 2.45) is 5.92 Å². The third-order valence-corrected chi connectivity index (χ3v) is 2.58. The van der Waals surface area contributed by atoms with Crippen LogP contribution in [0.5, 0.6) is 11.5 Å². The minimum absolute atomic E-state index is 0.0420. The number of hydrogen-bond acceptors (Lipinski definition) is 4. The van der Waals surface area contributed by atoms with Crippen LogP contribution in [-0.4, -0.2) is 33.7 Å². The lowest BCUT2D eigenvalue weighted by Gasteiger charge is -2.13. The number of rotatable bonds is 6. The third-order valence-electron chi connectivity index (χ3n) is 2.58. The molecular formula is C13H20N2O3. The number of hydrogen-bond donors (Lipinski definition) is 2. The number of amides is 1. The normalized spacial score (nSPS) is 11.8. The van der Waals surface area contributed by atoms with Crippen molar-refractivity contribution in [1.82, 2.24) is 5.32 Å². The summed E-state index contributed by atoms with van der Waals surface area (Å²) in [5.74, 6) is 1.14. The number of anilines is 1. The average Bonchev–Trinajstić information content (AvgIpc) is 2.38. The molecule has 0 radical (unpaired) electrons. The van der Waals surface area contributed by atoms with Crippen molar-refractivity contribution in [1.29, 1.82) is 0 Å². The van der Waals surface area contributed by atoms with E-state index >= 15 is 0 Å². The fraction of sp³-hybridized carbons (Fsp3) is 0.462. The lowest BCUT2D eigenvalue weighted by molar-refractivity contribution is -0.119. The van der Waals surface area contributed by atoms with Crippen LogP contribution in [0.1, 0.15) is 6.92 Å². The van der Waals surface area contributed by atoms with Crippen molar-refractivity contribution < 1.29 is 14.3 Å². The van der Waals surface area contributed by atoms with Crippen LogP contribution in [-0.2, 0) is 4.79 Å². The van der Waals surface area contributed by atoms with Gasteiger partial charge in [-0.15, -0.1) is 0 Å². The maximum absolute atomic E-state index is 11.9. The summed E-state index contributed by atoms with van der Waals surface area (Å²) in [6, 6.07) is 5.27. The monoisotopic (exact) mass is 252 g/mol. The summed E-state index contributed by atoms with van der Waals surface area (Å²) >= 11 is 0. The molecule has 2 N–H and O–H groups in total. The van der Waals surface area contributed by atoms with E-state index in [2.05, 4.69) is 10.6 Å². The molecule has 1 atom stereocenters. The van der Waals surface area contributed by atoms with Crippen molar-refractivity contribution in [2.45, 2.75) is 6.92 Å². The molecule has 0 aromatic heterocycles. The summed E-state index contributed by atoms with van der Waals surface area (Å²) in [5, 5.41) is 5.81. The van der Waals surface area contributed by atoms with Gasteiger partial charge in [0.05, 0.1) is 14.2 Å². The molecule has 0 saturated carbocycles. The second-order valence-corrected chi connectivity index (χ2v) is 4.05. The maximum atomic E-state index is 11.9. The Morgan fingerprint density at radius 2 is 1.78 bits per heavy atom. The zero-order valence-electron chi connectivity index (χ0n) is 11.2. The molecule has 1 aromatic rings. The summed E-state index contributed by atoms with van der Waals surface area (Å²) < 4.78 is 10.3. The number of nitrogens with one attached hydrogen (secondary N) is 2. The van der Waals surface area contributed by atoms with Crippen LogP contribution in [0.3, 0.4) is 0 Å². The van der Waals surface area contributed by atoms with E-state index in [4.69, 9.17) is 9.47 Å². The van der Waals surface area contributed by atoms with Gasteiger partial charge in [0.15, 0.2) is 0 Å². The number of carbonyl (C=O) groups is 1. The molecule has 0 bridgehead atoms. The van der Waals surface area contributed by atoms with Gasteiger partial charge >= 0.3 is 0 Å². The van der Waals surface area contributed by atoms with Gasteiger partial charge in [-0.3, -0.25) is 4.79 Å². The molecule has 1 rings (SSSR count). The third kappa shape index (κ3) is 3.92. The van der Waals surface area contributed by atoms with E-state index in [0.29, 0.717) is 23.7 Å². The van der Waals surface area contributed by atoms with Crippen molar-refractivity contribution in [3.63, 3.8) is 0 Å². The van der Waals surface area contributed by atoms with E-state index in [0.717, 1.165) is 0 Å². The van der Waals surface area contributed by atoms with Gasteiger partial charge in [0.25, 0.3) is 0 Å². The Balaban J connectivity index is 2.80. The fourth-order valence-electron chi connectivity index (χ4n) is 1.54. The molecule has 0 fully saturated rings. The lowest BCUT2D eigenvalue weighted by atomic mass is 10.1. The number of methoxy groups -OCH3 is 2. The van der Waals surface area contributed by atoms with E-state index in [1.54, 1.807) is 32.4 Å². The highest BCUT2D eigenvalue weighted by Crippen LogP contribution is 2.25. The van der Waals surface area contributed by atoms with E-state index in [-0.39, 0.29) is 11.8 Å². The second kappa shape index (κ2) is 6.86. The summed E-state index contributed by atoms with van der Waals surface area (Å²) in [7, 11) is 4.96. The van der Waals surface area contributed by atoms with Crippen LogP contribution in [0.4, 0.5) is 5.69 Å². The SMILES string of the molecule is CNCC(C)C(=O)Nc1cc(OC)cc(OC)c1. The van der Waals surface area contributed by atoms with Crippen molar-refractivity contribution in [3.8, 4) is 11.5 Å². The number of ether oxygens (including phenoxy) is 2. The summed E-state index contributed by atoms with van der Waals surface area (Å²) in [4.78, 5) is 11.9. The molecule has 100 valence electrons. The van der Waals surface area contributed by atoms with Crippen LogP contribution < -0.4 is 20.1 Å². The topological polar surface area (TPSA) is 59.6 Å². The van der Waals surface area contributed by atoms with Crippen LogP contribution in [0.25, 0.3) is 0 Å². The smallest absolute Gasteiger partial charge is 0.228 e. The predicted octanol–water partition coefficient (Wildman–Crippen LogP) is 1.50. The van der Waals surface area contributed by atoms with Crippen LogP contribution in [0, 0.1) is 5.92 Å². The first kappa shape index (κ1) is 14.3. The van der Waals surface area contributed by atoms with Gasteiger partial charge in [0, 0.05) is 36.3 Å². The molecule has 0 aliphatic rings. The molecule has 1 aromatic carbocycles. The maximum Gasteiger partial charge on any atom is 0.228 e. The van der Waals surface area contributed by atoms with Gasteiger partial charge in [0.1, 0.15) is 11.5 Å². The zero-order valence-corrected chi connectivity index (χ0v) is 11.2. The van der Waals surface area contributed by atoms with E-state index in [1.165, 1.54) is 0 Å². The Kier molecular flexibility index (Phi) is 5.45. The standard InChI is InChI=1S/C13H20N2O3/c1-9(8-14-2)13(16)15-10-5-11(17-3)7-12(6-10)18-4/h5-7,9,14H,8H2,1-4H3,(H,15,16). The van der Waals surface area contributed by atoms with Gasteiger partial charge in [0.2, 0.25) is 5.91 Å². The molecule has 5 heteroatoms. The Labute approximate surface area is 107 Å². The van der Waals surface area contributed by atoms with Crippen molar-refractivity contribution in [2.75, 3.05) is 33.1 Å². The first-order chi connectivity index (χ1) is 8.60. The highest BCUT2D eigenvalue weighted by molar-refractivity contribution is 5.92. The number of carbonyl (C=O) groups excluding carboxylic acids is 1. The molecule has 18 heavy (non-hydrogen) atoms. The predicted molar refractivity (Wildman–Crippen MR) is 71.3 cm³/mol. The second-order valence-electron chi connectivity index (χ2n) is 4.05. The molecule has 1 amide bonds. The van der Waals surface area contributed by atoms with Gasteiger partial charge in [-0.2, -0.15) is 0 Å². The number of benzene rings is 1. The zero-order chi connectivity index (χ0) is 13.5. The van der Waals surface area contributed by atoms with E-state index in [9.17, 15) is 4.79 Å². The molecule has 5 nitrogen and oxygen atoms in total. The van der Waals surface area contributed by atoms with Crippen LogP contribution in [0.2, 0.25) is 0 Å². The van der Waals surface area contributed by atoms with Gasteiger partial charge < -0.3 is 20.1 Å². The Morgan fingerprint density at radius 3 is 2.22 bits per heavy atom. The Morgan fingerprint density at radius 1 is 1.22 bits per heavy atom. The summed E-state index contributed by atoms with van der Waals surface area (Å²) in [6.45, 7) is 2.50. The van der Waals surface area contributed by atoms with Gasteiger partial charge in [-0.25, -0.2) is 0 Å². The highest BCUT2D eigenvalue weighted by Gasteiger charge is 2.12. The summed E-state index contributed by atoms with van der Waals surface area (Å²) in [6.07, 6.45) is 0. The minimum Gasteiger partial charge on any atom is -0.497 e. The van der Waals surface area contributed by atoms with Gasteiger partial charge in [-0.1, -0.05) is 6.92 Å². The molecule has 0 spiro atoms. The molecule has 0 saturated heterocycles. The Hall–Kier alpha value is -1.75. The van der Waals surface area contributed by atoms with Gasteiger partial charge in [-0.05, 0) is 7.05 Å². The lowest BCUT2D eigenvalue weighted by Crippen LogP contribution is -2.28. The molecule has 0 aliphatic heterocycles. The largest absolute Gasteiger partial charge is 0.497 e. The van der Waals surface area contributed by atoms with Crippen LogP contribution in [0.15, 0.2) is 18.2 Å². The highest BCUT2D eigenvalue weighted by atomic mass is 16.5. The molecular weight excluding hydrogens is 232 g/mol. The van der Waals surface area contributed by atoms with E-state index < -0.39 is 0 Å². The summed E-state index contributed by atoms with van der Waals surface area (Å²) in [5.41, 5.74) is 0.666.